The first-order valence-corrected chi connectivity index (χ1v) is 8.82. The van der Waals surface area contributed by atoms with Crippen LogP contribution in [-0.2, 0) is 6.54 Å². The number of nitrogens with zero attached hydrogens (tertiary/aromatic N) is 5. The maximum Gasteiger partial charge on any atom is 0.349 e. The van der Waals surface area contributed by atoms with E-state index in [0.29, 0.717) is 22.7 Å². The van der Waals surface area contributed by atoms with Gasteiger partial charge >= 0.3 is 5.56 Å². The van der Waals surface area contributed by atoms with Crippen molar-refractivity contribution in [1.82, 2.24) is 19.0 Å². The average Bonchev–Trinajstić information content (AvgIpc) is 3.15. The minimum Gasteiger partial charge on any atom is -0.842 e. The van der Waals surface area contributed by atoms with E-state index in [4.69, 9.17) is 0 Å². The molecule has 0 N–H and O–H groups in total. The third-order valence-electron chi connectivity index (χ3n) is 4.75. The maximum absolute atomic E-state index is 13.4. The Morgan fingerprint density at radius 3 is 2.39 bits per heavy atom. The summed E-state index contributed by atoms with van der Waals surface area (Å²) in [5.74, 6) is 0.260. The van der Waals surface area contributed by atoms with E-state index in [1.54, 1.807) is 41.1 Å². The van der Waals surface area contributed by atoms with Crippen LogP contribution in [0, 0.1) is 0 Å². The Morgan fingerprint density at radius 1 is 0.857 bits per heavy atom. The minimum absolute atomic E-state index is 0.137. The third-order valence-corrected chi connectivity index (χ3v) is 4.75. The summed E-state index contributed by atoms with van der Waals surface area (Å²) in [5.41, 5.74) is 1.60. The second kappa shape index (κ2) is 6.31. The van der Waals surface area contributed by atoms with Crippen molar-refractivity contribution in [1.29, 1.82) is 0 Å². The second-order valence-electron chi connectivity index (χ2n) is 6.41. The largest absolute Gasteiger partial charge is 0.842 e. The second-order valence-corrected chi connectivity index (χ2v) is 6.41. The number of hydrogen-bond donors (Lipinski definition) is 0. The molecule has 0 unspecified atom stereocenters. The van der Waals surface area contributed by atoms with Gasteiger partial charge in [0.25, 0.3) is 5.65 Å². The third kappa shape index (κ3) is 2.44. The molecule has 0 aliphatic heterocycles. The Labute approximate surface area is 159 Å². The molecule has 7 heteroatoms. The molecule has 0 saturated carbocycles. The van der Waals surface area contributed by atoms with Gasteiger partial charge in [0.15, 0.2) is 18.0 Å². The van der Waals surface area contributed by atoms with Crippen molar-refractivity contribution in [2.75, 3.05) is 0 Å². The highest BCUT2D eigenvalue weighted by Gasteiger charge is 2.21. The highest BCUT2D eigenvalue weighted by Crippen LogP contribution is 2.21. The lowest BCUT2D eigenvalue weighted by Crippen LogP contribution is -2.44. The van der Waals surface area contributed by atoms with Gasteiger partial charge in [-0.05, 0) is 23.8 Å². The molecule has 1 aromatic carbocycles. The molecule has 0 spiro atoms. The van der Waals surface area contributed by atoms with Crippen LogP contribution in [0.1, 0.15) is 5.82 Å². The summed E-state index contributed by atoms with van der Waals surface area (Å²) < 4.78 is 4.89. The van der Waals surface area contributed by atoms with Gasteiger partial charge in [-0.15, -0.1) is 10.2 Å². The van der Waals surface area contributed by atoms with E-state index in [9.17, 15) is 9.90 Å². The highest BCUT2D eigenvalue weighted by molar-refractivity contribution is 5.66. The van der Waals surface area contributed by atoms with Gasteiger partial charge in [0, 0.05) is 12.3 Å². The molecule has 0 bridgehead atoms. The summed E-state index contributed by atoms with van der Waals surface area (Å²) in [6, 6.07) is 19.9. The SMILES string of the molecule is O=c1c(-c2ccccc2)c([O-])[n+](Cc2nnc3ccccn23)c2ccccn12. The molecule has 0 aliphatic carbocycles. The van der Waals surface area contributed by atoms with Crippen LogP contribution in [0.25, 0.3) is 22.4 Å². The van der Waals surface area contributed by atoms with Crippen molar-refractivity contribution < 1.29 is 9.67 Å². The first-order valence-electron chi connectivity index (χ1n) is 8.82. The van der Waals surface area contributed by atoms with Gasteiger partial charge in [0.05, 0.1) is 12.1 Å². The molecular formula is C21H15N5O2. The van der Waals surface area contributed by atoms with Crippen LogP contribution in [0.5, 0.6) is 5.88 Å². The number of pyridine rings is 2. The monoisotopic (exact) mass is 369 g/mol. The molecule has 0 saturated heterocycles. The number of rotatable bonds is 3. The van der Waals surface area contributed by atoms with Crippen molar-refractivity contribution in [3.63, 3.8) is 0 Å². The van der Waals surface area contributed by atoms with Gasteiger partial charge in [0.2, 0.25) is 0 Å². The summed E-state index contributed by atoms with van der Waals surface area (Å²) >= 11 is 0. The van der Waals surface area contributed by atoms with Gasteiger partial charge in [-0.1, -0.05) is 42.5 Å². The van der Waals surface area contributed by atoms with E-state index in [1.807, 2.05) is 47.0 Å². The predicted molar refractivity (Wildman–Crippen MR) is 101 cm³/mol. The molecule has 5 aromatic rings. The van der Waals surface area contributed by atoms with E-state index in [2.05, 4.69) is 10.2 Å². The van der Waals surface area contributed by atoms with Crippen molar-refractivity contribution in [2.24, 2.45) is 0 Å². The van der Waals surface area contributed by atoms with Gasteiger partial charge in [-0.2, -0.15) is 4.40 Å². The van der Waals surface area contributed by atoms with Gasteiger partial charge < -0.3 is 5.11 Å². The Balaban J connectivity index is 1.80. The number of benzene rings is 1. The Morgan fingerprint density at radius 2 is 1.57 bits per heavy atom. The van der Waals surface area contributed by atoms with Crippen molar-refractivity contribution in [3.8, 4) is 17.0 Å². The van der Waals surface area contributed by atoms with Crippen LogP contribution >= 0.6 is 0 Å². The Kier molecular flexibility index (Phi) is 3.65. The van der Waals surface area contributed by atoms with E-state index in [0.717, 1.165) is 0 Å². The summed E-state index contributed by atoms with van der Waals surface area (Å²) in [7, 11) is 0. The molecule has 136 valence electrons. The zero-order valence-corrected chi connectivity index (χ0v) is 14.8. The highest BCUT2D eigenvalue weighted by atomic mass is 16.3. The molecule has 0 aliphatic rings. The standard InChI is InChI=1S/C21H15N5O2/c27-20-19(15-8-2-1-3-9-15)21(28)26(18-11-5-7-13-25(18)20)14-17-23-22-16-10-4-6-12-24(16)17/h1-13H,14H2. The van der Waals surface area contributed by atoms with Crippen molar-refractivity contribution >= 4 is 11.3 Å². The normalized spacial score (nSPS) is 11.3. The van der Waals surface area contributed by atoms with E-state index in [1.165, 1.54) is 4.40 Å². The first kappa shape index (κ1) is 16.2. The van der Waals surface area contributed by atoms with Crippen LogP contribution in [0.2, 0.25) is 0 Å². The van der Waals surface area contributed by atoms with Crippen LogP contribution in [0.15, 0.2) is 83.9 Å². The molecule has 0 radical (unpaired) electrons. The topological polar surface area (TPSA) is 78.6 Å². The zero-order chi connectivity index (χ0) is 19.1. The predicted octanol–water partition coefficient (Wildman–Crippen LogP) is 1.42. The summed E-state index contributed by atoms with van der Waals surface area (Å²) in [5, 5.41) is 21.7. The number of aromatic nitrogens is 5. The van der Waals surface area contributed by atoms with E-state index in [-0.39, 0.29) is 23.5 Å². The zero-order valence-electron chi connectivity index (χ0n) is 14.8. The lowest BCUT2D eigenvalue weighted by Gasteiger charge is -2.16. The van der Waals surface area contributed by atoms with E-state index >= 15 is 0 Å². The molecule has 4 heterocycles. The molecule has 0 atom stereocenters. The van der Waals surface area contributed by atoms with Crippen molar-refractivity contribution in [3.05, 3.63) is 95.3 Å². The molecule has 0 fully saturated rings. The molecule has 7 nitrogen and oxygen atoms in total. The quantitative estimate of drug-likeness (QED) is 0.451. The molecule has 5 rings (SSSR count). The summed E-state index contributed by atoms with van der Waals surface area (Å²) in [6.45, 7) is 0.192. The van der Waals surface area contributed by atoms with Gasteiger partial charge in [0.1, 0.15) is 5.56 Å². The Bertz CT molecular complexity index is 1370. The van der Waals surface area contributed by atoms with Crippen LogP contribution in [0.4, 0.5) is 0 Å². The smallest absolute Gasteiger partial charge is 0.349 e. The van der Waals surface area contributed by atoms with Crippen molar-refractivity contribution in [2.45, 2.75) is 6.54 Å². The van der Waals surface area contributed by atoms with Crippen LogP contribution < -0.4 is 15.2 Å². The van der Waals surface area contributed by atoms with Crippen LogP contribution in [0.3, 0.4) is 0 Å². The minimum atomic E-state index is -0.352. The lowest BCUT2D eigenvalue weighted by atomic mass is 10.1. The molecular weight excluding hydrogens is 354 g/mol. The summed E-state index contributed by atoms with van der Waals surface area (Å²) in [4.78, 5) is 13.0. The van der Waals surface area contributed by atoms with Gasteiger partial charge in [-0.3, -0.25) is 4.40 Å². The van der Waals surface area contributed by atoms with E-state index < -0.39 is 0 Å². The average molecular weight is 369 g/mol. The molecule has 4 aromatic heterocycles. The fraction of sp³-hybridized carbons (Fsp3) is 0.0476. The lowest BCUT2D eigenvalue weighted by molar-refractivity contribution is -0.709. The Hall–Kier alpha value is -4.00. The maximum atomic E-state index is 13.4. The summed E-state index contributed by atoms with van der Waals surface area (Å²) in [6.07, 6.45) is 3.52. The van der Waals surface area contributed by atoms with Gasteiger partial charge in [-0.25, -0.2) is 9.36 Å². The fourth-order valence-corrected chi connectivity index (χ4v) is 3.42. The van der Waals surface area contributed by atoms with Crippen LogP contribution in [-0.4, -0.2) is 19.0 Å². The molecule has 28 heavy (non-hydrogen) atoms. The number of hydrogen-bond acceptors (Lipinski definition) is 4. The fourth-order valence-electron chi connectivity index (χ4n) is 3.42. The number of fused-ring (bicyclic) bond motifs is 2. The first-order chi connectivity index (χ1) is 13.7. The molecule has 0 amide bonds.